The largest absolute Gasteiger partial charge is 0.458 e. The average molecular weight is 437 g/mol. The number of nitriles is 1. The summed E-state index contributed by atoms with van der Waals surface area (Å²) >= 11 is 0. The Morgan fingerprint density at radius 1 is 1.12 bits per heavy atom. The third kappa shape index (κ3) is 4.31. The summed E-state index contributed by atoms with van der Waals surface area (Å²) in [5.74, 6) is 0.995. The van der Waals surface area contributed by atoms with Crippen molar-refractivity contribution in [1.29, 1.82) is 5.26 Å². The van der Waals surface area contributed by atoms with Gasteiger partial charge in [0.05, 0.1) is 30.4 Å². The van der Waals surface area contributed by atoms with E-state index in [0.717, 1.165) is 63.7 Å². The topological polar surface area (TPSA) is 87.1 Å². The van der Waals surface area contributed by atoms with E-state index >= 15 is 0 Å². The van der Waals surface area contributed by atoms with E-state index in [0.29, 0.717) is 29.5 Å². The van der Waals surface area contributed by atoms with Crippen LogP contribution in [0.5, 0.6) is 0 Å². The number of hydrogen-bond donors (Lipinski definition) is 1. The maximum atomic E-state index is 12.7. The molecule has 2 saturated heterocycles. The number of allylic oxidation sites excluding steroid dienone is 2. The maximum absolute atomic E-state index is 12.7. The van der Waals surface area contributed by atoms with Gasteiger partial charge in [-0.1, -0.05) is 6.08 Å². The Kier molecular flexibility index (Phi) is 6.02. The fraction of sp³-hybridized carbons (Fsp3) is 0.500. The second-order valence-electron chi connectivity index (χ2n) is 8.56. The van der Waals surface area contributed by atoms with Gasteiger partial charge in [0.1, 0.15) is 11.8 Å². The van der Waals surface area contributed by atoms with Crippen molar-refractivity contribution in [3.05, 3.63) is 47.4 Å². The molecule has 32 heavy (non-hydrogen) atoms. The zero-order valence-corrected chi connectivity index (χ0v) is 18.1. The number of nitrogens with one attached hydrogen (secondary N) is 1. The lowest BCUT2D eigenvalue weighted by atomic mass is 9.97. The van der Waals surface area contributed by atoms with E-state index in [2.05, 4.69) is 21.2 Å². The first kappa shape index (κ1) is 20.9. The van der Waals surface area contributed by atoms with Crippen LogP contribution in [0.25, 0.3) is 0 Å². The van der Waals surface area contributed by atoms with E-state index in [9.17, 15) is 10.1 Å². The summed E-state index contributed by atoms with van der Waals surface area (Å²) in [6.45, 7) is 5.72. The van der Waals surface area contributed by atoms with Crippen LogP contribution in [0.3, 0.4) is 0 Å². The number of rotatable bonds is 4. The zero-order chi connectivity index (χ0) is 21.9. The highest BCUT2D eigenvalue weighted by Gasteiger charge is 2.29. The van der Waals surface area contributed by atoms with Gasteiger partial charge in [0.2, 0.25) is 12.7 Å². The molecule has 0 spiro atoms. The SMILES string of the molecule is N#Cc1cc(NC(=O)C2C=CC3=C(C2)OCO3)ccc1N1CCC(N2CCOCC2)CC1. The standard InChI is InChI=1S/C24H28N4O4/c25-15-18-13-19(26-24(29)17-1-4-22-23(14-17)32-16-31-22)2-3-21(18)28-7-5-20(6-8-28)27-9-11-30-12-10-27/h1-4,13,17,20H,5-12,14,16H2,(H,26,29). The number of nitrogens with zero attached hydrogens (tertiary/aromatic N) is 3. The van der Waals surface area contributed by atoms with Crippen LogP contribution in [0.1, 0.15) is 24.8 Å². The molecule has 1 aliphatic carbocycles. The van der Waals surface area contributed by atoms with Crippen molar-refractivity contribution in [3.8, 4) is 6.07 Å². The van der Waals surface area contributed by atoms with Crippen LogP contribution in [0, 0.1) is 17.2 Å². The third-order valence-electron chi connectivity index (χ3n) is 6.70. The monoisotopic (exact) mass is 436 g/mol. The minimum atomic E-state index is -0.320. The van der Waals surface area contributed by atoms with Crippen LogP contribution in [-0.2, 0) is 19.0 Å². The summed E-state index contributed by atoms with van der Waals surface area (Å²) < 4.78 is 16.2. The molecule has 1 N–H and O–H groups in total. The molecule has 0 radical (unpaired) electrons. The van der Waals surface area contributed by atoms with Crippen LogP contribution in [0.4, 0.5) is 11.4 Å². The first-order valence-electron chi connectivity index (χ1n) is 11.3. The molecule has 0 aromatic heterocycles. The van der Waals surface area contributed by atoms with Crippen molar-refractivity contribution >= 4 is 17.3 Å². The van der Waals surface area contributed by atoms with Gasteiger partial charge in [0.15, 0.2) is 5.76 Å². The van der Waals surface area contributed by atoms with E-state index in [1.54, 1.807) is 12.1 Å². The van der Waals surface area contributed by atoms with Gasteiger partial charge in [-0.2, -0.15) is 5.26 Å². The summed E-state index contributed by atoms with van der Waals surface area (Å²) in [4.78, 5) is 17.6. The number of hydrogen-bond acceptors (Lipinski definition) is 7. The number of carbonyl (C=O) groups excluding carboxylic acids is 1. The van der Waals surface area contributed by atoms with E-state index < -0.39 is 0 Å². The predicted octanol–water partition coefficient (Wildman–Crippen LogP) is 2.59. The van der Waals surface area contributed by atoms with Gasteiger partial charge in [-0.15, -0.1) is 0 Å². The minimum Gasteiger partial charge on any atom is -0.458 e. The Bertz CT molecular complexity index is 969. The van der Waals surface area contributed by atoms with Gasteiger partial charge in [0, 0.05) is 44.3 Å². The first-order valence-corrected chi connectivity index (χ1v) is 11.3. The molecule has 0 saturated carbocycles. The zero-order valence-electron chi connectivity index (χ0n) is 18.1. The minimum absolute atomic E-state index is 0.119. The number of piperidine rings is 1. The number of carbonyl (C=O) groups is 1. The fourth-order valence-corrected chi connectivity index (χ4v) is 4.90. The molecule has 4 aliphatic rings. The average Bonchev–Trinajstić information content (AvgIpc) is 3.33. The van der Waals surface area contributed by atoms with Crippen LogP contribution in [-0.4, -0.2) is 63.0 Å². The van der Waals surface area contributed by atoms with Crippen molar-refractivity contribution in [3.63, 3.8) is 0 Å². The molecular weight excluding hydrogens is 408 g/mol. The molecule has 3 aliphatic heterocycles. The third-order valence-corrected chi connectivity index (χ3v) is 6.70. The van der Waals surface area contributed by atoms with Gasteiger partial charge in [-0.05, 0) is 37.1 Å². The molecule has 5 rings (SSSR count). The Hall–Kier alpha value is -3.02. The number of morpholine rings is 1. The van der Waals surface area contributed by atoms with Gasteiger partial charge in [-0.25, -0.2) is 0 Å². The molecular formula is C24H28N4O4. The first-order chi connectivity index (χ1) is 15.7. The van der Waals surface area contributed by atoms with E-state index in [4.69, 9.17) is 14.2 Å². The molecule has 2 fully saturated rings. The highest BCUT2D eigenvalue weighted by molar-refractivity contribution is 5.94. The van der Waals surface area contributed by atoms with E-state index in [1.165, 1.54) is 0 Å². The molecule has 8 heteroatoms. The molecule has 8 nitrogen and oxygen atoms in total. The smallest absolute Gasteiger partial charge is 0.231 e. The van der Waals surface area contributed by atoms with Gasteiger partial charge < -0.3 is 24.4 Å². The van der Waals surface area contributed by atoms with Crippen LogP contribution >= 0.6 is 0 Å². The second-order valence-corrected chi connectivity index (χ2v) is 8.56. The molecule has 1 amide bonds. The summed E-state index contributed by atoms with van der Waals surface area (Å²) in [6, 6.07) is 8.51. The fourth-order valence-electron chi connectivity index (χ4n) is 4.90. The number of amides is 1. The predicted molar refractivity (Wildman–Crippen MR) is 119 cm³/mol. The second kappa shape index (κ2) is 9.23. The summed E-state index contributed by atoms with van der Waals surface area (Å²) in [7, 11) is 0. The van der Waals surface area contributed by atoms with Crippen molar-refractivity contribution in [2.45, 2.75) is 25.3 Å². The summed E-state index contributed by atoms with van der Waals surface area (Å²) in [6.07, 6.45) is 6.28. The Morgan fingerprint density at radius 2 is 1.94 bits per heavy atom. The van der Waals surface area contributed by atoms with E-state index in [1.807, 2.05) is 18.2 Å². The van der Waals surface area contributed by atoms with Gasteiger partial charge in [0.25, 0.3) is 0 Å². The molecule has 168 valence electrons. The van der Waals surface area contributed by atoms with Crippen molar-refractivity contribution < 1.29 is 19.0 Å². The lowest BCUT2D eigenvalue weighted by molar-refractivity contribution is -0.118. The summed E-state index contributed by atoms with van der Waals surface area (Å²) in [5.41, 5.74) is 2.16. The Labute approximate surface area is 188 Å². The van der Waals surface area contributed by atoms with Gasteiger partial charge in [-0.3, -0.25) is 9.69 Å². The number of benzene rings is 1. The highest BCUT2D eigenvalue weighted by Crippen LogP contribution is 2.31. The van der Waals surface area contributed by atoms with Crippen molar-refractivity contribution in [2.75, 3.05) is 56.4 Å². The molecule has 1 atom stereocenters. The Morgan fingerprint density at radius 3 is 2.72 bits per heavy atom. The molecule has 1 aromatic rings. The number of anilines is 2. The number of ether oxygens (including phenoxy) is 3. The summed E-state index contributed by atoms with van der Waals surface area (Å²) in [5, 5.41) is 12.7. The highest BCUT2D eigenvalue weighted by atomic mass is 16.7. The van der Waals surface area contributed by atoms with Crippen LogP contribution in [0.2, 0.25) is 0 Å². The van der Waals surface area contributed by atoms with Gasteiger partial charge >= 0.3 is 0 Å². The quantitative estimate of drug-likeness (QED) is 0.776. The van der Waals surface area contributed by atoms with E-state index in [-0.39, 0.29) is 18.6 Å². The van der Waals surface area contributed by atoms with Crippen molar-refractivity contribution in [2.24, 2.45) is 5.92 Å². The van der Waals surface area contributed by atoms with Crippen molar-refractivity contribution in [1.82, 2.24) is 4.90 Å². The molecule has 3 heterocycles. The lowest BCUT2D eigenvalue weighted by Crippen LogP contribution is -2.49. The lowest BCUT2D eigenvalue weighted by Gasteiger charge is -2.41. The van der Waals surface area contributed by atoms with Crippen LogP contribution in [0.15, 0.2) is 41.9 Å². The molecule has 1 unspecified atom stereocenters. The molecule has 0 bridgehead atoms. The Balaban J connectivity index is 1.20. The normalized spacial score (nSPS) is 23.8. The maximum Gasteiger partial charge on any atom is 0.231 e. The molecule has 1 aromatic carbocycles. The van der Waals surface area contributed by atoms with Crippen LogP contribution < -0.4 is 10.2 Å².